The van der Waals surface area contributed by atoms with Crippen LogP contribution in [0.1, 0.15) is 27.7 Å². The molecule has 70 valence electrons. The summed E-state index contributed by atoms with van der Waals surface area (Å²) in [6.07, 6.45) is 2.40. The van der Waals surface area contributed by atoms with Gasteiger partial charge in [-0.1, -0.05) is 40.9 Å². The first-order valence-corrected chi connectivity index (χ1v) is 3.62. The third-order valence-corrected chi connectivity index (χ3v) is 0.0962. The van der Waals surface area contributed by atoms with E-state index in [0.29, 0.717) is 0 Å². The van der Waals surface area contributed by atoms with Crippen molar-refractivity contribution >= 4 is 0 Å². The molecule has 0 aromatic heterocycles. The van der Waals surface area contributed by atoms with Gasteiger partial charge in [-0.3, -0.25) is 0 Å². The van der Waals surface area contributed by atoms with E-state index in [4.69, 9.17) is 0 Å². The average Bonchev–Trinajstić information content (AvgIpc) is 2.12. The Morgan fingerprint density at radius 1 is 1.09 bits per heavy atom. The SMILES string of the molecule is C=CN.C=CON.CC.CC. The van der Waals surface area contributed by atoms with Crippen molar-refractivity contribution < 1.29 is 4.84 Å². The summed E-state index contributed by atoms with van der Waals surface area (Å²) in [5, 5.41) is 0. The second kappa shape index (κ2) is 140. The molecule has 0 radical (unpaired) electrons. The van der Waals surface area contributed by atoms with E-state index in [1.165, 1.54) is 6.20 Å². The highest BCUT2D eigenvalue weighted by atomic mass is 16.6. The van der Waals surface area contributed by atoms with Gasteiger partial charge in [0, 0.05) is 0 Å². The van der Waals surface area contributed by atoms with Crippen molar-refractivity contribution in [2.24, 2.45) is 11.6 Å². The summed E-state index contributed by atoms with van der Waals surface area (Å²) >= 11 is 0. The highest BCUT2D eigenvalue weighted by Crippen LogP contribution is 1.45. The van der Waals surface area contributed by atoms with Crippen LogP contribution in [0, 0.1) is 0 Å². The molecule has 0 aliphatic heterocycles. The molecule has 0 amide bonds. The molecule has 0 aromatic carbocycles. The Morgan fingerprint density at radius 2 is 1.18 bits per heavy atom. The maximum Gasteiger partial charge on any atom is 0.103 e. The molecule has 0 unspecified atom stereocenters. The zero-order valence-corrected chi connectivity index (χ0v) is 8.13. The van der Waals surface area contributed by atoms with Gasteiger partial charge in [-0.25, -0.2) is 0 Å². The topological polar surface area (TPSA) is 61.3 Å². The highest BCUT2D eigenvalue weighted by molar-refractivity contribution is 4.48. The molecule has 0 atom stereocenters. The second-order valence-electron chi connectivity index (χ2n) is 0.538. The normalized spacial score (nSPS) is 4.09. The maximum absolute atomic E-state index is 4.61. The minimum absolute atomic E-state index is 1.15. The Balaban J connectivity index is -0.0000000315. The molecule has 3 nitrogen and oxygen atoms in total. The Bertz CT molecular complexity index is 47.4. The van der Waals surface area contributed by atoms with Crippen molar-refractivity contribution in [3.8, 4) is 0 Å². The predicted molar refractivity (Wildman–Crippen MR) is 52.5 cm³/mol. The summed E-state index contributed by atoms with van der Waals surface area (Å²) in [7, 11) is 0. The second-order valence-corrected chi connectivity index (χ2v) is 0.538. The van der Waals surface area contributed by atoms with Crippen LogP contribution in [0.3, 0.4) is 0 Å². The van der Waals surface area contributed by atoms with E-state index in [0.717, 1.165) is 6.26 Å². The van der Waals surface area contributed by atoms with Crippen LogP contribution in [0.15, 0.2) is 25.6 Å². The molecule has 11 heavy (non-hydrogen) atoms. The van der Waals surface area contributed by atoms with Crippen LogP contribution in [0.5, 0.6) is 0 Å². The largest absolute Gasteiger partial charge is 0.420 e. The quantitative estimate of drug-likeness (QED) is 0.459. The van der Waals surface area contributed by atoms with Crippen molar-refractivity contribution in [1.82, 2.24) is 0 Å². The summed E-state index contributed by atoms with van der Waals surface area (Å²) in [6.45, 7) is 14.3. The first-order valence-electron chi connectivity index (χ1n) is 3.62. The van der Waals surface area contributed by atoms with E-state index in [1.807, 2.05) is 27.7 Å². The summed E-state index contributed by atoms with van der Waals surface area (Å²) < 4.78 is 0. The molecular weight excluding hydrogens is 140 g/mol. The molecule has 0 bridgehead atoms. The number of nitrogens with two attached hydrogens (primary N) is 2. The van der Waals surface area contributed by atoms with Crippen molar-refractivity contribution in [3.05, 3.63) is 25.6 Å². The van der Waals surface area contributed by atoms with Crippen LogP contribution in [-0.2, 0) is 4.84 Å². The lowest BCUT2D eigenvalue weighted by molar-refractivity contribution is 0.262. The first kappa shape index (κ1) is 22.5. The van der Waals surface area contributed by atoms with E-state index in [9.17, 15) is 0 Å². The van der Waals surface area contributed by atoms with Gasteiger partial charge in [0.25, 0.3) is 0 Å². The molecule has 0 heterocycles. The van der Waals surface area contributed by atoms with Gasteiger partial charge in [-0.05, 0) is 6.20 Å². The van der Waals surface area contributed by atoms with Gasteiger partial charge in [0.2, 0.25) is 0 Å². The van der Waals surface area contributed by atoms with E-state index >= 15 is 0 Å². The van der Waals surface area contributed by atoms with E-state index in [2.05, 4.69) is 29.6 Å². The van der Waals surface area contributed by atoms with Crippen molar-refractivity contribution in [1.29, 1.82) is 0 Å². The standard InChI is InChI=1S/C2H5NO.C2H5N.2C2H6/c1-2-4-3;1-2-3;2*1-2/h2H,1,3H2;2H,1,3H2;2*1-2H3. The van der Waals surface area contributed by atoms with Crippen LogP contribution in [0.2, 0.25) is 0 Å². The van der Waals surface area contributed by atoms with E-state index in [1.54, 1.807) is 0 Å². The van der Waals surface area contributed by atoms with E-state index < -0.39 is 0 Å². The number of rotatable bonds is 1. The fourth-order valence-corrected chi connectivity index (χ4v) is 0. The molecule has 4 N–H and O–H groups in total. The van der Waals surface area contributed by atoms with Gasteiger partial charge in [0.1, 0.15) is 6.26 Å². The van der Waals surface area contributed by atoms with Crippen LogP contribution >= 0.6 is 0 Å². The molecular formula is C8H22N2O. The van der Waals surface area contributed by atoms with Crippen molar-refractivity contribution in [2.45, 2.75) is 27.7 Å². The summed E-state index contributed by atoms with van der Waals surface area (Å²) in [4.78, 5) is 3.81. The highest BCUT2D eigenvalue weighted by Gasteiger charge is 1.35. The fraction of sp³-hybridized carbons (Fsp3) is 0.500. The molecule has 0 aliphatic rings. The third-order valence-electron chi connectivity index (χ3n) is 0.0962. The predicted octanol–water partition coefficient (Wildman–Crippen LogP) is 2.16. The molecule has 0 aliphatic carbocycles. The van der Waals surface area contributed by atoms with Gasteiger partial charge in [-0.15, -0.1) is 0 Å². The molecule has 0 saturated heterocycles. The monoisotopic (exact) mass is 162 g/mol. The lowest BCUT2D eigenvalue weighted by atomic mass is 11.0. The summed E-state index contributed by atoms with van der Waals surface area (Å²) in [6, 6.07) is 0. The van der Waals surface area contributed by atoms with Crippen LogP contribution < -0.4 is 11.6 Å². The summed E-state index contributed by atoms with van der Waals surface area (Å²) in [5.74, 6) is 4.41. The smallest absolute Gasteiger partial charge is 0.103 e. The molecule has 0 spiro atoms. The molecule has 3 heteroatoms. The van der Waals surface area contributed by atoms with Gasteiger partial charge >= 0.3 is 0 Å². The molecule has 0 saturated carbocycles. The summed E-state index contributed by atoms with van der Waals surface area (Å²) in [5.41, 5.74) is 4.61. The number of hydrogen-bond donors (Lipinski definition) is 2. The number of hydrogen-bond acceptors (Lipinski definition) is 3. The van der Waals surface area contributed by atoms with Crippen LogP contribution in [-0.4, -0.2) is 0 Å². The molecule has 0 rings (SSSR count). The third kappa shape index (κ3) is 280000. The van der Waals surface area contributed by atoms with Gasteiger partial charge in [-0.2, -0.15) is 5.90 Å². The Labute approximate surface area is 70.7 Å². The molecule has 0 aromatic rings. The Kier molecular flexibility index (Phi) is 287. The van der Waals surface area contributed by atoms with Gasteiger partial charge in [0.15, 0.2) is 0 Å². The zero-order chi connectivity index (χ0) is 10.1. The Morgan fingerprint density at radius 3 is 1.18 bits per heavy atom. The van der Waals surface area contributed by atoms with Crippen molar-refractivity contribution in [2.75, 3.05) is 0 Å². The lowest BCUT2D eigenvalue weighted by Crippen LogP contribution is -1.85. The van der Waals surface area contributed by atoms with Crippen LogP contribution in [0.25, 0.3) is 0 Å². The van der Waals surface area contributed by atoms with Gasteiger partial charge < -0.3 is 10.6 Å². The first-order chi connectivity index (χ1) is 5.33. The lowest BCUT2D eigenvalue weighted by Gasteiger charge is -1.72. The minimum atomic E-state index is 1.15. The zero-order valence-electron chi connectivity index (χ0n) is 8.13. The van der Waals surface area contributed by atoms with Crippen molar-refractivity contribution in [3.63, 3.8) is 0 Å². The average molecular weight is 162 g/mol. The Hall–Kier alpha value is -0.960. The minimum Gasteiger partial charge on any atom is -0.420 e. The fourth-order valence-electron chi connectivity index (χ4n) is 0. The molecule has 0 fully saturated rings. The maximum atomic E-state index is 4.61. The van der Waals surface area contributed by atoms with Crippen LogP contribution in [0.4, 0.5) is 0 Å². The van der Waals surface area contributed by atoms with E-state index in [-0.39, 0.29) is 0 Å². The van der Waals surface area contributed by atoms with Gasteiger partial charge in [0.05, 0.1) is 0 Å².